The minimum absolute atomic E-state index is 0.515. The summed E-state index contributed by atoms with van der Waals surface area (Å²) < 4.78 is 0. The van der Waals surface area contributed by atoms with E-state index in [9.17, 15) is 0 Å². The highest BCUT2D eigenvalue weighted by molar-refractivity contribution is 5.51. The van der Waals surface area contributed by atoms with Gasteiger partial charge in [-0.05, 0) is 55.9 Å². The number of nitrogens with two attached hydrogens (primary N) is 1. The molecule has 1 aromatic rings. The predicted octanol–water partition coefficient (Wildman–Crippen LogP) is 2.48. The molecule has 1 aliphatic rings. The van der Waals surface area contributed by atoms with Crippen molar-refractivity contribution < 1.29 is 0 Å². The number of likely N-dealkylation sites (N-methyl/N-ethyl adjacent to an activating group) is 1. The van der Waals surface area contributed by atoms with E-state index in [0.29, 0.717) is 6.04 Å². The highest BCUT2D eigenvalue weighted by Gasteiger charge is 2.33. The largest absolute Gasteiger partial charge is 0.370 e. The van der Waals surface area contributed by atoms with Crippen LogP contribution in [-0.4, -0.2) is 19.6 Å². The molecule has 1 fully saturated rings. The first-order chi connectivity index (χ1) is 7.61. The van der Waals surface area contributed by atoms with Crippen molar-refractivity contribution in [2.75, 3.05) is 18.5 Å². The van der Waals surface area contributed by atoms with Gasteiger partial charge in [0.1, 0.15) is 0 Å². The molecule has 2 N–H and O–H groups in total. The molecule has 0 aliphatic heterocycles. The Balaban J connectivity index is 2.21. The van der Waals surface area contributed by atoms with Crippen LogP contribution in [0.2, 0.25) is 0 Å². The van der Waals surface area contributed by atoms with Crippen molar-refractivity contribution in [2.24, 2.45) is 11.7 Å². The molecule has 0 radical (unpaired) electrons. The number of aryl methyl sites for hydroxylation is 2. The zero-order valence-corrected chi connectivity index (χ0v) is 10.5. The number of benzene rings is 1. The van der Waals surface area contributed by atoms with Gasteiger partial charge in [-0.2, -0.15) is 0 Å². The van der Waals surface area contributed by atoms with Crippen molar-refractivity contribution in [2.45, 2.75) is 32.7 Å². The van der Waals surface area contributed by atoms with Gasteiger partial charge in [0, 0.05) is 25.3 Å². The number of rotatable bonds is 4. The minimum atomic E-state index is 0.515. The van der Waals surface area contributed by atoms with E-state index in [1.165, 1.54) is 29.7 Å². The average molecular weight is 218 g/mol. The Hall–Kier alpha value is -1.02. The Morgan fingerprint density at radius 1 is 1.25 bits per heavy atom. The zero-order chi connectivity index (χ0) is 11.7. The number of hydrogen-bond donors (Lipinski definition) is 1. The lowest BCUT2D eigenvalue weighted by molar-refractivity contribution is 0.570. The molecule has 88 valence electrons. The number of anilines is 1. The summed E-state index contributed by atoms with van der Waals surface area (Å²) in [5, 5.41) is 0. The van der Waals surface area contributed by atoms with E-state index >= 15 is 0 Å². The lowest BCUT2D eigenvalue weighted by atomic mass is 10.1. The summed E-state index contributed by atoms with van der Waals surface area (Å²) in [7, 11) is 2.17. The van der Waals surface area contributed by atoms with Crippen LogP contribution in [0.25, 0.3) is 0 Å². The van der Waals surface area contributed by atoms with E-state index < -0.39 is 0 Å². The first kappa shape index (κ1) is 11.5. The van der Waals surface area contributed by atoms with Crippen LogP contribution in [0.1, 0.15) is 24.0 Å². The third kappa shape index (κ3) is 2.38. The molecule has 1 aliphatic carbocycles. The fourth-order valence-corrected chi connectivity index (χ4v) is 2.49. The maximum atomic E-state index is 5.89. The fourth-order valence-electron chi connectivity index (χ4n) is 2.49. The molecule has 0 saturated heterocycles. The van der Waals surface area contributed by atoms with Crippen LogP contribution in [-0.2, 0) is 0 Å². The van der Waals surface area contributed by atoms with Gasteiger partial charge in [-0.1, -0.05) is 6.07 Å². The van der Waals surface area contributed by atoms with E-state index in [1.807, 2.05) is 0 Å². The van der Waals surface area contributed by atoms with Gasteiger partial charge < -0.3 is 10.6 Å². The van der Waals surface area contributed by atoms with Crippen LogP contribution in [0.5, 0.6) is 0 Å². The van der Waals surface area contributed by atoms with Crippen molar-refractivity contribution >= 4 is 5.69 Å². The molecule has 1 saturated carbocycles. The summed E-state index contributed by atoms with van der Waals surface area (Å²) >= 11 is 0. The SMILES string of the molecule is Cc1cc(C)cc(N(C)C(CN)C2CC2)c1. The van der Waals surface area contributed by atoms with Crippen LogP contribution in [0.15, 0.2) is 18.2 Å². The lowest BCUT2D eigenvalue weighted by Crippen LogP contribution is -2.39. The Morgan fingerprint density at radius 2 is 1.81 bits per heavy atom. The molecule has 2 nitrogen and oxygen atoms in total. The molecule has 0 aromatic heterocycles. The summed E-state index contributed by atoms with van der Waals surface area (Å²) in [5.41, 5.74) is 9.85. The van der Waals surface area contributed by atoms with Gasteiger partial charge in [0.15, 0.2) is 0 Å². The average Bonchev–Trinajstić information content (AvgIpc) is 3.01. The summed E-state index contributed by atoms with van der Waals surface area (Å²) in [6, 6.07) is 7.23. The van der Waals surface area contributed by atoms with Gasteiger partial charge >= 0.3 is 0 Å². The second-order valence-electron chi connectivity index (χ2n) is 5.10. The topological polar surface area (TPSA) is 29.3 Å². The molecule has 16 heavy (non-hydrogen) atoms. The second-order valence-corrected chi connectivity index (χ2v) is 5.10. The Kier molecular flexibility index (Phi) is 3.20. The van der Waals surface area contributed by atoms with Gasteiger partial charge in [0.25, 0.3) is 0 Å². The molecule has 2 heteroatoms. The van der Waals surface area contributed by atoms with Gasteiger partial charge in [0.05, 0.1) is 0 Å². The maximum Gasteiger partial charge on any atom is 0.0437 e. The van der Waals surface area contributed by atoms with Gasteiger partial charge in [0.2, 0.25) is 0 Å². The molecular formula is C14H22N2. The van der Waals surface area contributed by atoms with E-state index in [4.69, 9.17) is 5.73 Å². The van der Waals surface area contributed by atoms with Crippen molar-refractivity contribution in [3.63, 3.8) is 0 Å². The maximum absolute atomic E-state index is 5.89. The first-order valence-electron chi connectivity index (χ1n) is 6.13. The molecule has 0 heterocycles. The predicted molar refractivity (Wildman–Crippen MR) is 69.9 cm³/mol. The summed E-state index contributed by atoms with van der Waals surface area (Å²) in [6.07, 6.45) is 2.69. The van der Waals surface area contributed by atoms with E-state index in [-0.39, 0.29) is 0 Å². The molecule has 0 spiro atoms. The van der Waals surface area contributed by atoms with Crippen molar-refractivity contribution in [1.82, 2.24) is 0 Å². The third-order valence-electron chi connectivity index (χ3n) is 3.52. The fraction of sp³-hybridized carbons (Fsp3) is 0.571. The highest BCUT2D eigenvalue weighted by atomic mass is 15.2. The summed E-state index contributed by atoms with van der Waals surface area (Å²) in [6.45, 7) is 5.06. The minimum Gasteiger partial charge on any atom is -0.370 e. The number of nitrogens with zero attached hydrogens (tertiary/aromatic N) is 1. The zero-order valence-electron chi connectivity index (χ0n) is 10.5. The Bertz CT molecular complexity index is 349. The van der Waals surface area contributed by atoms with Gasteiger partial charge in [-0.25, -0.2) is 0 Å². The normalized spacial score (nSPS) is 17.2. The summed E-state index contributed by atoms with van der Waals surface area (Å²) in [5.74, 6) is 0.816. The smallest absolute Gasteiger partial charge is 0.0437 e. The third-order valence-corrected chi connectivity index (χ3v) is 3.52. The van der Waals surface area contributed by atoms with E-state index in [1.54, 1.807) is 0 Å². The van der Waals surface area contributed by atoms with Gasteiger partial charge in [-0.15, -0.1) is 0 Å². The number of hydrogen-bond acceptors (Lipinski definition) is 2. The van der Waals surface area contributed by atoms with E-state index in [0.717, 1.165) is 12.5 Å². The van der Waals surface area contributed by atoms with Crippen molar-refractivity contribution in [1.29, 1.82) is 0 Å². The molecule has 0 amide bonds. The summed E-state index contributed by atoms with van der Waals surface area (Å²) in [4.78, 5) is 2.36. The molecule has 1 aromatic carbocycles. The molecule has 2 rings (SSSR count). The molecular weight excluding hydrogens is 196 g/mol. The van der Waals surface area contributed by atoms with Gasteiger partial charge in [-0.3, -0.25) is 0 Å². The van der Waals surface area contributed by atoms with Crippen LogP contribution >= 0.6 is 0 Å². The molecule has 1 unspecified atom stereocenters. The van der Waals surface area contributed by atoms with Crippen LogP contribution in [0.4, 0.5) is 5.69 Å². The van der Waals surface area contributed by atoms with E-state index in [2.05, 4.69) is 44.0 Å². The lowest BCUT2D eigenvalue weighted by Gasteiger charge is -2.29. The Morgan fingerprint density at radius 3 is 2.25 bits per heavy atom. The second kappa shape index (κ2) is 4.46. The van der Waals surface area contributed by atoms with Crippen molar-refractivity contribution in [3.05, 3.63) is 29.3 Å². The first-order valence-corrected chi connectivity index (χ1v) is 6.13. The highest BCUT2D eigenvalue weighted by Crippen LogP contribution is 2.36. The van der Waals surface area contributed by atoms with Crippen LogP contribution in [0.3, 0.4) is 0 Å². The van der Waals surface area contributed by atoms with Crippen LogP contribution in [0, 0.1) is 19.8 Å². The molecule has 1 atom stereocenters. The van der Waals surface area contributed by atoms with Crippen molar-refractivity contribution in [3.8, 4) is 0 Å². The Labute approximate surface area is 98.4 Å². The quantitative estimate of drug-likeness (QED) is 0.841. The standard InChI is InChI=1S/C14H22N2/c1-10-6-11(2)8-13(7-10)16(3)14(9-15)12-4-5-12/h6-8,12,14H,4-5,9,15H2,1-3H3. The van der Waals surface area contributed by atoms with Crippen LogP contribution < -0.4 is 10.6 Å². The molecule has 0 bridgehead atoms. The monoisotopic (exact) mass is 218 g/mol.